The molecule has 2 rings (SSSR count). The van der Waals surface area contributed by atoms with Crippen LogP contribution in [0.1, 0.15) is 51.4 Å². The molecule has 0 radical (unpaired) electrons. The molecule has 2 fully saturated rings. The molecule has 100 valence electrons. The van der Waals surface area contributed by atoms with Crippen molar-refractivity contribution in [3.05, 3.63) is 0 Å². The van der Waals surface area contributed by atoms with Gasteiger partial charge in [-0.2, -0.15) is 5.26 Å². The van der Waals surface area contributed by atoms with Gasteiger partial charge in [-0.3, -0.25) is 4.79 Å². The second-order valence-corrected chi connectivity index (χ2v) is 5.81. The van der Waals surface area contributed by atoms with Crippen LogP contribution in [0.15, 0.2) is 0 Å². The molecule has 0 aromatic carbocycles. The van der Waals surface area contributed by atoms with Gasteiger partial charge in [-0.25, -0.2) is 0 Å². The Kier molecular flexibility index (Phi) is 4.23. The van der Waals surface area contributed by atoms with Gasteiger partial charge in [0.15, 0.2) is 0 Å². The zero-order valence-corrected chi connectivity index (χ0v) is 10.8. The number of carbonyl (C=O) groups excluding carboxylic acids is 1. The molecule has 0 aromatic rings. The molecule has 4 heteroatoms. The average Bonchev–Trinajstić information content (AvgIpc) is 2.59. The van der Waals surface area contributed by atoms with Crippen LogP contribution in [-0.2, 0) is 4.79 Å². The molecule has 1 amide bonds. The first-order valence-electron chi connectivity index (χ1n) is 7.04. The highest BCUT2D eigenvalue weighted by Gasteiger charge is 2.39. The lowest BCUT2D eigenvalue weighted by Gasteiger charge is -2.32. The van der Waals surface area contributed by atoms with E-state index in [2.05, 4.69) is 11.4 Å². The summed E-state index contributed by atoms with van der Waals surface area (Å²) >= 11 is 0. The van der Waals surface area contributed by atoms with E-state index in [4.69, 9.17) is 0 Å². The van der Waals surface area contributed by atoms with Gasteiger partial charge in [0.1, 0.15) is 5.41 Å². The zero-order valence-electron chi connectivity index (χ0n) is 10.8. The van der Waals surface area contributed by atoms with E-state index in [1.54, 1.807) is 0 Å². The molecular weight excluding hydrogens is 228 g/mol. The number of hydrogen-bond donors (Lipinski definition) is 2. The summed E-state index contributed by atoms with van der Waals surface area (Å²) in [6, 6.07) is 2.26. The van der Waals surface area contributed by atoms with Crippen LogP contribution >= 0.6 is 0 Å². The Balaban J connectivity index is 1.86. The van der Waals surface area contributed by atoms with Crippen molar-refractivity contribution in [3.63, 3.8) is 0 Å². The first kappa shape index (κ1) is 13.4. The monoisotopic (exact) mass is 250 g/mol. The van der Waals surface area contributed by atoms with Crippen LogP contribution < -0.4 is 5.32 Å². The third-order valence-electron chi connectivity index (χ3n) is 4.37. The molecule has 2 aliphatic carbocycles. The summed E-state index contributed by atoms with van der Waals surface area (Å²) in [7, 11) is 0. The van der Waals surface area contributed by atoms with Crippen molar-refractivity contribution in [2.24, 2.45) is 11.3 Å². The van der Waals surface area contributed by atoms with E-state index in [0.29, 0.717) is 25.3 Å². The number of carbonyl (C=O) groups is 1. The van der Waals surface area contributed by atoms with Gasteiger partial charge < -0.3 is 10.4 Å². The maximum atomic E-state index is 12.2. The second kappa shape index (κ2) is 5.71. The highest BCUT2D eigenvalue weighted by Crippen LogP contribution is 2.35. The minimum atomic E-state index is -0.793. The zero-order chi connectivity index (χ0) is 13.0. The molecule has 0 unspecified atom stereocenters. The van der Waals surface area contributed by atoms with Crippen molar-refractivity contribution >= 4 is 5.91 Å². The molecule has 2 saturated carbocycles. The minimum absolute atomic E-state index is 0.0895. The Labute approximate surface area is 108 Å². The predicted molar refractivity (Wildman–Crippen MR) is 67.5 cm³/mol. The minimum Gasteiger partial charge on any atom is -0.393 e. The quantitative estimate of drug-likeness (QED) is 0.749. The van der Waals surface area contributed by atoms with Gasteiger partial charge in [0.2, 0.25) is 5.91 Å². The SMILES string of the molecule is N#CC1(C(=O)NCC2CC(O)C2)CCCCCC1. The number of rotatable bonds is 3. The lowest BCUT2D eigenvalue weighted by atomic mass is 9.79. The summed E-state index contributed by atoms with van der Waals surface area (Å²) < 4.78 is 0. The summed E-state index contributed by atoms with van der Waals surface area (Å²) in [5.74, 6) is 0.304. The van der Waals surface area contributed by atoms with Crippen LogP contribution in [0.3, 0.4) is 0 Å². The van der Waals surface area contributed by atoms with Crippen LogP contribution in [0.2, 0.25) is 0 Å². The number of nitrogens with one attached hydrogen (secondary N) is 1. The van der Waals surface area contributed by atoms with E-state index >= 15 is 0 Å². The molecule has 0 aliphatic heterocycles. The summed E-state index contributed by atoms with van der Waals surface area (Å²) in [4.78, 5) is 12.2. The largest absolute Gasteiger partial charge is 0.393 e. The molecule has 0 atom stereocenters. The third-order valence-corrected chi connectivity index (χ3v) is 4.37. The van der Waals surface area contributed by atoms with Gasteiger partial charge in [-0.1, -0.05) is 25.7 Å². The molecule has 4 nitrogen and oxygen atoms in total. The maximum absolute atomic E-state index is 12.2. The van der Waals surface area contributed by atoms with E-state index in [1.165, 1.54) is 0 Å². The normalized spacial score (nSPS) is 30.7. The fourth-order valence-electron chi connectivity index (χ4n) is 3.00. The van der Waals surface area contributed by atoms with Gasteiger partial charge in [0.05, 0.1) is 12.2 Å². The Hall–Kier alpha value is -1.08. The number of amides is 1. The Morgan fingerprint density at radius 1 is 1.28 bits per heavy atom. The molecule has 2 aliphatic rings. The van der Waals surface area contributed by atoms with E-state index in [9.17, 15) is 15.2 Å². The van der Waals surface area contributed by atoms with E-state index in [1.807, 2.05) is 0 Å². The number of hydrogen-bond acceptors (Lipinski definition) is 3. The highest BCUT2D eigenvalue weighted by atomic mass is 16.3. The van der Waals surface area contributed by atoms with Gasteiger partial charge >= 0.3 is 0 Å². The Bertz CT molecular complexity index is 334. The fraction of sp³-hybridized carbons (Fsp3) is 0.857. The van der Waals surface area contributed by atoms with Crippen molar-refractivity contribution in [2.45, 2.75) is 57.5 Å². The van der Waals surface area contributed by atoms with Gasteiger partial charge in [-0.15, -0.1) is 0 Å². The van der Waals surface area contributed by atoms with E-state index in [0.717, 1.165) is 38.5 Å². The lowest BCUT2D eigenvalue weighted by Crippen LogP contribution is -2.44. The van der Waals surface area contributed by atoms with Gasteiger partial charge in [-0.05, 0) is 31.6 Å². The van der Waals surface area contributed by atoms with Crippen molar-refractivity contribution in [2.75, 3.05) is 6.54 Å². The second-order valence-electron chi connectivity index (χ2n) is 5.81. The lowest BCUT2D eigenvalue weighted by molar-refractivity contribution is -0.129. The topological polar surface area (TPSA) is 73.1 Å². The van der Waals surface area contributed by atoms with Crippen LogP contribution in [-0.4, -0.2) is 23.7 Å². The molecule has 0 heterocycles. The summed E-state index contributed by atoms with van der Waals surface area (Å²) in [5, 5.41) is 21.5. The van der Waals surface area contributed by atoms with Crippen LogP contribution in [0.5, 0.6) is 0 Å². The van der Waals surface area contributed by atoms with Crippen molar-refractivity contribution < 1.29 is 9.90 Å². The number of aliphatic hydroxyl groups is 1. The molecule has 0 bridgehead atoms. The van der Waals surface area contributed by atoms with Gasteiger partial charge in [0, 0.05) is 6.54 Å². The van der Waals surface area contributed by atoms with Crippen molar-refractivity contribution in [1.82, 2.24) is 5.32 Å². The van der Waals surface area contributed by atoms with Gasteiger partial charge in [0.25, 0.3) is 0 Å². The standard InChI is InChI=1S/C14H22N2O2/c15-10-14(5-3-1-2-4-6-14)13(18)16-9-11-7-12(17)8-11/h11-12,17H,1-9H2,(H,16,18). The summed E-state index contributed by atoms with van der Waals surface area (Å²) in [6.45, 7) is 0.610. The summed E-state index contributed by atoms with van der Waals surface area (Å²) in [5.41, 5.74) is -0.793. The van der Waals surface area contributed by atoms with Crippen molar-refractivity contribution in [3.8, 4) is 6.07 Å². The highest BCUT2D eigenvalue weighted by molar-refractivity contribution is 5.85. The predicted octanol–water partition coefficient (Wildman–Crippen LogP) is 1.74. The molecule has 2 N–H and O–H groups in total. The molecular formula is C14H22N2O2. The maximum Gasteiger partial charge on any atom is 0.240 e. The first-order chi connectivity index (χ1) is 8.66. The van der Waals surface area contributed by atoms with Crippen LogP contribution in [0.25, 0.3) is 0 Å². The third kappa shape index (κ3) is 2.84. The number of nitrogens with zero attached hydrogens (tertiary/aromatic N) is 1. The van der Waals surface area contributed by atoms with Crippen molar-refractivity contribution in [1.29, 1.82) is 5.26 Å². The molecule has 18 heavy (non-hydrogen) atoms. The number of aliphatic hydroxyl groups excluding tert-OH is 1. The first-order valence-corrected chi connectivity index (χ1v) is 7.04. The van der Waals surface area contributed by atoms with Crippen LogP contribution in [0.4, 0.5) is 0 Å². The fourth-order valence-corrected chi connectivity index (χ4v) is 3.00. The van der Waals surface area contributed by atoms with E-state index in [-0.39, 0.29) is 12.0 Å². The number of nitriles is 1. The smallest absolute Gasteiger partial charge is 0.240 e. The van der Waals surface area contributed by atoms with Crippen LogP contribution in [0, 0.1) is 22.7 Å². The molecule has 0 spiro atoms. The molecule has 0 saturated heterocycles. The summed E-state index contributed by atoms with van der Waals surface area (Å²) in [6.07, 6.45) is 6.98. The Morgan fingerprint density at radius 3 is 2.39 bits per heavy atom. The molecule has 0 aromatic heterocycles. The average molecular weight is 250 g/mol. The van der Waals surface area contributed by atoms with E-state index < -0.39 is 5.41 Å². The Morgan fingerprint density at radius 2 is 1.89 bits per heavy atom.